The zero-order valence-electron chi connectivity index (χ0n) is 16.1. The molecule has 0 spiro atoms. The van der Waals surface area contributed by atoms with Gasteiger partial charge in [0, 0.05) is 0 Å². The number of fused-ring (bicyclic) bond motifs is 1. The lowest BCUT2D eigenvalue weighted by Crippen LogP contribution is -2.33. The molecular weight excluding hydrogens is 449 g/mol. The summed E-state index contributed by atoms with van der Waals surface area (Å²) in [7, 11) is -4.71. The van der Waals surface area contributed by atoms with E-state index in [9.17, 15) is 29.3 Å². The standard InChI is InChI=1S/C17H18N5O9P/c18-17-20-14-11(15(26)21-17)19-7-22(14)16-13(25)12(24)10(30-16)6-29-32(27,28)31-9-4-2-1-3-8(9)5-23/h1-5,7,10,12-13,16,24-25H,6H2,(H,27,28)(H3,18,20,21,26)/t10-,12-,13-,16-/m1/s1. The Morgan fingerprint density at radius 1 is 1.31 bits per heavy atom. The van der Waals surface area contributed by atoms with E-state index in [-0.39, 0.29) is 28.4 Å². The minimum absolute atomic E-state index is 0.00528. The number of benzene rings is 1. The van der Waals surface area contributed by atoms with Gasteiger partial charge in [-0.2, -0.15) is 4.98 Å². The Bertz CT molecular complexity index is 1260. The van der Waals surface area contributed by atoms with Gasteiger partial charge >= 0.3 is 7.82 Å². The van der Waals surface area contributed by atoms with E-state index in [4.69, 9.17) is 19.5 Å². The first-order valence-corrected chi connectivity index (χ1v) is 10.6. The number of aldehydes is 1. The third-order valence-corrected chi connectivity index (χ3v) is 5.63. The smallest absolute Gasteiger partial charge is 0.403 e. The Morgan fingerprint density at radius 3 is 2.81 bits per heavy atom. The van der Waals surface area contributed by atoms with E-state index in [1.807, 2.05) is 0 Å². The number of nitrogen functional groups attached to an aromatic ring is 1. The van der Waals surface area contributed by atoms with Crippen LogP contribution in [0.25, 0.3) is 11.2 Å². The topological polar surface area (TPSA) is 212 Å². The maximum atomic E-state index is 12.3. The van der Waals surface area contributed by atoms with E-state index in [0.29, 0.717) is 6.29 Å². The maximum Gasteiger partial charge on any atom is 0.527 e. The van der Waals surface area contributed by atoms with Gasteiger partial charge in [0.05, 0.1) is 18.5 Å². The van der Waals surface area contributed by atoms with Crippen molar-refractivity contribution in [1.82, 2.24) is 19.5 Å². The van der Waals surface area contributed by atoms with Gasteiger partial charge in [-0.05, 0) is 12.1 Å². The number of H-pyrrole nitrogens is 1. The van der Waals surface area contributed by atoms with Crippen molar-refractivity contribution in [1.29, 1.82) is 0 Å². The molecular formula is C17H18N5O9P. The molecule has 1 aliphatic heterocycles. The summed E-state index contributed by atoms with van der Waals surface area (Å²) in [6.07, 6.45) is -3.92. The third kappa shape index (κ3) is 4.14. The van der Waals surface area contributed by atoms with Crippen LogP contribution in [-0.4, -0.2) is 65.8 Å². The molecule has 0 saturated carbocycles. The highest BCUT2D eigenvalue weighted by atomic mass is 31.2. The normalized spacial score (nSPS) is 25.0. The second-order valence-electron chi connectivity index (χ2n) is 6.83. The highest BCUT2D eigenvalue weighted by Gasteiger charge is 2.45. The Labute approximate surface area is 178 Å². The predicted molar refractivity (Wildman–Crippen MR) is 107 cm³/mol. The monoisotopic (exact) mass is 467 g/mol. The molecule has 1 unspecified atom stereocenters. The second kappa shape index (κ2) is 8.43. The van der Waals surface area contributed by atoms with Gasteiger partial charge in [0.1, 0.15) is 24.1 Å². The predicted octanol–water partition coefficient (Wildman–Crippen LogP) is -0.671. The second-order valence-corrected chi connectivity index (χ2v) is 8.21. The molecule has 0 aliphatic carbocycles. The number of hydrogen-bond acceptors (Lipinski definition) is 11. The fourth-order valence-electron chi connectivity index (χ4n) is 3.21. The molecule has 14 nitrogen and oxygen atoms in total. The Balaban J connectivity index is 1.49. The van der Waals surface area contributed by atoms with Crippen LogP contribution in [-0.2, 0) is 13.8 Å². The minimum atomic E-state index is -4.71. The number of aliphatic hydroxyl groups excluding tert-OH is 2. The fraction of sp³-hybridized carbons (Fsp3) is 0.294. The van der Waals surface area contributed by atoms with Gasteiger partial charge in [-0.3, -0.25) is 28.6 Å². The molecule has 1 aliphatic rings. The van der Waals surface area contributed by atoms with Gasteiger partial charge in [0.2, 0.25) is 5.95 Å². The number of para-hydroxylation sites is 1. The van der Waals surface area contributed by atoms with Crippen molar-refractivity contribution in [2.45, 2.75) is 24.5 Å². The van der Waals surface area contributed by atoms with Crippen molar-refractivity contribution in [3.8, 4) is 5.75 Å². The molecule has 170 valence electrons. The van der Waals surface area contributed by atoms with E-state index >= 15 is 0 Å². The fourth-order valence-corrected chi connectivity index (χ4v) is 4.01. The molecule has 1 fully saturated rings. The molecule has 0 amide bonds. The SMILES string of the molecule is Nc1nc2c(ncn2[C@@H]2O[C@H](COP(=O)(O)Oc3ccccc3C=O)[C@@H](O)[C@H]2O)c(=O)[nH]1. The number of nitrogens with one attached hydrogen (secondary N) is 1. The largest absolute Gasteiger partial charge is 0.527 e. The first kappa shape index (κ1) is 22.1. The van der Waals surface area contributed by atoms with E-state index in [1.54, 1.807) is 6.07 Å². The van der Waals surface area contributed by atoms with Crippen molar-refractivity contribution in [2.24, 2.45) is 0 Å². The van der Waals surface area contributed by atoms with Gasteiger partial charge in [0.25, 0.3) is 5.56 Å². The maximum absolute atomic E-state index is 12.3. The van der Waals surface area contributed by atoms with Gasteiger partial charge in [-0.1, -0.05) is 12.1 Å². The van der Waals surface area contributed by atoms with Crippen molar-refractivity contribution in [3.05, 3.63) is 46.5 Å². The lowest BCUT2D eigenvalue weighted by atomic mass is 10.1. The first-order chi connectivity index (χ1) is 15.2. The lowest BCUT2D eigenvalue weighted by Gasteiger charge is -2.18. The highest BCUT2D eigenvalue weighted by molar-refractivity contribution is 7.47. The molecule has 15 heteroatoms. The molecule has 6 N–H and O–H groups in total. The van der Waals surface area contributed by atoms with Crippen LogP contribution in [0.2, 0.25) is 0 Å². The molecule has 3 heterocycles. The Kier molecular flexibility index (Phi) is 5.81. The van der Waals surface area contributed by atoms with Crippen LogP contribution in [0.5, 0.6) is 5.75 Å². The van der Waals surface area contributed by atoms with Gasteiger partial charge in [-0.25, -0.2) is 9.55 Å². The zero-order valence-corrected chi connectivity index (χ0v) is 17.0. The zero-order chi connectivity index (χ0) is 23.0. The summed E-state index contributed by atoms with van der Waals surface area (Å²) in [6.45, 7) is -0.644. The summed E-state index contributed by atoms with van der Waals surface area (Å²) in [5.41, 5.74) is 4.92. The number of imidazole rings is 1. The molecule has 32 heavy (non-hydrogen) atoms. The van der Waals surface area contributed by atoms with Crippen LogP contribution in [0, 0.1) is 0 Å². The number of phosphoric acid groups is 1. The van der Waals surface area contributed by atoms with E-state index in [1.165, 1.54) is 29.1 Å². The summed E-state index contributed by atoms with van der Waals surface area (Å²) < 4.78 is 28.8. The summed E-state index contributed by atoms with van der Waals surface area (Å²) >= 11 is 0. The summed E-state index contributed by atoms with van der Waals surface area (Å²) in [4.78, 5) is 43.1. The number of hydrogen-bond donors (Lipinski definition) is 5. The average Bonchev–Trinajstić information content (AvgIpc) is 3.28. The number of phosphoric ester groups is 1. The number of aromatic amines is 1. The van der Waals surface area contributed by atoms with Crippen molar-refractivity contribution < 1.29 is 38.3 Å². The van der Waals surface area contributed by atoms with Crippen LogP contribution >= 0.6 is 7.82 Å². The first-order valence-electron chi connectivity index (χ1n) is 9.15. The van der Waals surface area contributed by atoms with Crippen LogP contribution in [0.15, 0.2) is 35.4 Å². The van der Waals surface area contributed by atoms with Crippen molar-refractivity contribution in [3.63, 3.8) is 0 Å². The molecule has 1 aromatic carbocycles. The summed E-state index contributed by atoms with van der Waals surface area (Å²) in [5.74, 6) is -0.357. The number of nitrogens with zero attached hydrogens (tertiary/aromatic N) is 3. The average molecular weight is 467 g/mol. The number of carbonyl (C=O) groups excluding carboxylic acids is 1. The van der Waals surface area contributed by atoms with E-state index < -0.39 is 44.5 Å². The Hall–Kier alpha value is -3.13. The third-order valence-electron chi connectivity index (χ3n) is 4.72. The molecule has 3 aromatic rings. The van der Waals surface area contributed by atoms with Gasteiger partial charge in [0.15, 0.2) is 23.7 Å². The summed E-state index contributed by atoms with van der Waals surface area (Å²) in [5, 5.41) is 20.7. The van der Waals surface area contributed by atoms with Gasteiger partial charge in [-0.15, -0.1) is 0 Å². The number of anilines is 1. The van der Waals surface area contributed by atoms with Crippen molar-refractivity contribution in [2.75, 3.05) is 12.3 Å². The van der Waals surface area contributed by atoms with Crippen LogP contribution in [0.3, 0.4) is 0 Å². The quantitative estimate of drug-likeness (QED) is 0.216. The number of carbonyl (C=O) groups is 1. The molecule has 1 saturated heterocycles. The molecule has 5 atom stereocenters. The van der Waals surface area contributed by atoms with Crippen LogP contribution in [0.4, 0.5) is 5.95 Å². The van der Waals surface area contributed by atoms with Crippen molar-refractivity contribution >= 4 is 31.2 Å². The van der Waals surface area contributed by atoms with E-state index in [0.717, 1.165) is 0 Å². The number of aromatic nitrogens is 4. The minimum Gasteiger partial charge on any atom is -0.403 e. The summed E-state index contributed by atoms with van der Waals surface area (Å²) in [6, 6.07) is 5.73. The number of rotatable bonds is 7. The Morgan fingerprint density at radius 2 is 2.06 bits per heavy atom. The lowest BCUT2D eigenvalue weighted by molar-refractivity contribution is -0.0501. The molecule has 0 bridgehead atoms. The molecule has 2 aromatic heterocycles. The molecule has 4 rings (SSSR count). The number of ether oxygens (including phenoxy) is 1. The number of nitrogens with two attached hydrogens (primary N) is 1. The van der Waals surface area contributed by atoms with Crippen LogP contribution in [0.1, 0.15) is 16.6 Å². The van der Waals surface area contributed by atoms with E-state index in [2.05, 4.69) is 15.0 Å². The molecule has 0 radical (unpaired) electrons. The number of aliphatic hydroxyl groups is 2. The van der Waals surface area contributed by atoms with Gasteiger partial charge < -0.3 is 25.2 Å². The van der Waals surface area contributed by atoms with Crippen LogP contribution < -0.4 is 15.8 Å². The highest BCUT2D eigenvalue weighted by Crippen LogP contribution is 2.45.